The van der Waals surface area contributed by atoms with E-state index in [9.17, 15) is 4.39 Å². The highest BCUT2D eigenvalue weighted by molar-refractivity contribution is 7.20. The minimum Gasteiger partial charge on any atom is -0.490 e. The molecule has 3 heterocycles. The Balaban J connectivity index is 1.64. The maximum atomic E-state index is 13.8. The summed E-state index contributed by atoms with van der Waals surface area (Å²) < 4.78 is 26.3. The third-order valence-electron chi connectivity index (χ3n) is 5.02. The molecule has 7 nitrogen and oxygen atoms in total. The van der Waals surface area contributed by atoms with Crippen molar-refractivity contribution >= 4 is 21.4 Å². The minimum atomic E-state index is -0.353. The first kappa shape index (κ1) is 19.1. The fraction of sp³-hybridized carbons (Fsp3) is 0.474. The van der Waals surface area contributed by atoms with Crippen molar-refractivity contribution in [2.24, 2.45) is 5.73 Å². The number of imidazole rings is 1. The summed E-state index contributed by atoms with van der Waals surface area (Å²) in [6.07, 6.45) is 3.60. The second kappa shape index (κ2) is 7.65. The zero-order chi connectivity index (χ0) is 19.7. The van der Waals surface area contributed by atoms with E-state index in [1.807, 2.05) is 0 Å². The first-order chi connectivity index (χ1) is 13.5. The van der Waals surface area contributed by atoms with Gasteiger partial charge in [-0.3, -0.25) is 0 Å². The fourth-order valence-corrected chi connectivity index (χ4v) is 4.19. The topological polar surface area (TPSA) is 77.9 Å². The van der Waals surface area contributed by atoms with Gasteiger partial charge in [-0.2, -0.15) is 0 Å². The van der Waals surface area contributed by atoms with Gasteiger partial charge in [-0.15, -0.1) is 5.10 Å². The number of hydrogen-bond donors (Lipinski definition) is 1. The van der Waals surface area contributed by atoms with Gasteiger partial charge in [0.1, 0.15) is 18.2 Å². The van der Waals surface area contributed by atoms with Crippen LogP contribution in [0.5, 0.6) is 5.75 Å². The van der Waals surface area contributed by atoms with Crippen molar-refractivity contribution in [2.75, 3.05) is 38.3 Å². The lowest BCUT2D eigenvalue weighted by atomic mass is 9.91. The number of anilines is 1. The normalized spacial score (nSPS) is 16.6. The molecule has 0 saturated carbocycles. The molecular weight excluding hydrogens is 381 g/mol. The number of aromatic nitrogens is 3. The monoisotopic (exact) mass is 405 g/mol. The lowest BCUT2D eigenvalue weighted by Gasteiger charge is -2.36. The van der Waals surface area contributed by atoms with Gasteiger partial charge >= 0.3 is 0 Å². The van der Waals surface area contributed by atoms with E-state index < -0.39 is 0 Å². The van der Waals surface area contributed by atoms with Crippen LogP contribution in [0.25, 0.3) is 16.2 Å². The molecular formula is C19H24FN5O2S. The van der Waals surface area contributed by atoms with Gasteiger partial charge in [-0.25, -0.2) is 13.9 Å². The summed E-state index contributed by atoms with van der Waals surface area (Å²) in [7, 11) is 1.60. The van der Waals surface area contributed by atoms with Crippen LogP contribution in [0.2, 0.25) is 0 Å². The predicted molar refractivity (Wildman–Crippen MR) is 108 cm³/mol. The predicted octanol–water partition coefficient (Wildman–Crippen LogP) is 2.94. The lowest BCUT2D eigenvalue weighted by Crippen LogP contribution is -2.48. The summed E-state index contributed by atoms with van der Waals surface area (Å²) in [5.41, 5.74) is 7.64. The number of piperidine rings is 1. The van der Waals surface area contributed by atoms with Gasteiger partial charge < -0.3 is 20.1 Å². The number of benzene rings is 1. The smallest absolute Gasteiger partial charge is 0.214 e. The number of ether oxygens (including phenoxy) is 2. The quantitative estimate of drug-likeness (QED) is 0.636. The van der Waals surface area contributed by atoms with Crippen molar-refractivity contribution in [1.82, 2.24) is 14.6 Å². The Bertz CT molecular complexity index is 961. The second-order valence-corrected chi connectivity index (χ2v) is 8.28. The maximum absolute atomic E-state index is 13.8. The van der Waals surface area contributed by atoms with E-state index >= 15 is 0 Å². The highest BCUT2D eigenvalue weighted by Gasteiger charge is 2.28. The number of hydrogen-bond acceptors (Lipinski definition) is 7. The Morgan fingerprint density at radius 3 is 2.82 bits per heavy atom. The van der Waals surface area contributed by atoms with Crippen LogP contribution in [-0.4, -0.2) is 53.6 Å². The fourth-order valence-electron chi connectivity index (χ4n) is 3.27. The Morgan fingerprint density at radius 2 is 2.07 bits per heavy atom. The Hall–Kier alpha value is -2.23. The number of nitrogens with zero attached hydrogens (tertiary/aromatic N) is 4. The van der Waals surface area contributed by atoms with Crippen LogP contribution in [0.1, 0.15) is 19.8 Å². The van der Waals surface area contributed by atoms with Crippen molar-refractivity contribution < 1.29 is 13.9 Å². The van der Waals surface area contributed by atoms with E-state index in [0.29, 0.717) is 19.0 Å². The van der Waals surface area contributed by atoms with Gasteiger partial charge in [0.05, 0.1) is 18.5 Å². The molecule has 0 aliphatic carbocycles. The number of rotatable bonds is 6. The average molecular weight is 405 g/mol. The van der Waals surface area contributed by atoms with Crippen LogP contribution in [0, 0.1) is 5.82 Å². The molecule has 0 radical (unpaired) electrons. The highest BCUT2D eigenvalue weighted by Crippen LogP contribution is 2.34. The van der Waals surface area contributed by atoms with Gasteiger partial charge in [0.2, 0.25) is 10.1 Å². The molecule has 2 N–H and O–H groups in total. The first-order valence-electron chi connectivity index (χ1n) is 9.27. The number of methoxy groups -OCH3 is 1. The molecule has 0 amide bonds. The van der Waals surface area contributed by atoms with Crippen LogP contribution < -0.4 is 15.4 Å². The van der Waals surface area contributed by atoms with Gasteiger partial charge in [-0.05, 0) is 31.9 Å². The molecule has 1 aliphatic heterocycles. The third-order valence-corrected chi connectivity index (χ3v) is 6.00. The molecule has 0 unspecified atom stereocenters. The average Bonchev–Trinajstić information content (AvgIpc) is 3.23. The largest absolute Gasteiger partial charge is 0.490 e. The molecule has 3 aromatic rings. The molecule has 0 bridgehead atoms. The molecule has 4 rings (SSSR count). The summed E-state index contributed by atoms with van der Waals surface area (Å²) in [6.45, 7) is 4.61. The summed E-state index contributed by atoms with van der Waals surface area (Å²) in [5.74, 6) is 0.0966. The number of nitrogens with two attached hydrogens (primary N) is 1. The van der Waals surface area contributed by atoms with Crippen molar-refractivity contribution in [3.05, 3.63) is 30.2 Å². The molecule has 1 saturated heterocycles. The van der Waals surface area contributed by atoms with E-state index in [0.717, 1.165) is 47.3 Å². The van der Waals surface area contributed by atoms with E-state index in [1.165, 1.54) is 12.1 Å². The van der Waals surface area contributed by atoms with E-state index in [2.05, 4.69) is 16.8 Å². The molecule has 2 aromatic heterocycles. The van der Waals surface area contributed by atoms with Gasteiger partial charge in [-0.1, -0.05) is 11.3 Å². The zero-order valence-electron chi connectivity index (χ0n) is 16.0. The highest BCUT2D eigenvalue weighted by atomic mass is 32.1. The lowest BCUT2D eigenvalue weighted by molar-refractivity contribution is 0.146. The summed E-state index contributed by atoms with van der Waals surface area (Å²) in [5, 5.41) is 5.68. The van der Waals surface area contributed by atoms with Crippen LogP contribution >= 0.6 is 11.3 Å². The van der Waals surface area contributed by atoms with Crippen molar-refractivity contribution in [1.29, 1.82) is 0 Å². The van der Waals surface area contributed by atoms with Crippen LogP contribution in [0.3, 0.4) is 0 Å². The van der Waals surface area contributed by atoms with Crippen LogP contribution in [0.4, 0.5) is 9.52 Å². The zero-order valence-corrected chi connectivity index (χ0v) is 16.8. The third kappa shape index (κ3) is 3.82. The van der Waals surface area contributed by atoms with Gasteiger partial charge in [0.15, 0.2) is 0 Å². The molecule has 1 fully saturated rings. The van der Waals surface area contributed by atoms with E-state index in [4.69, 9.17) is 20.3 Å². The molecule has 1 aromatic carbocycles. The van der Waals surface area contributed by atoms with E-state index in [1.54, 1.807) is 35.2 Å². The molecule has 150 valence electrons. The van der Waals surface area contributed by atoms with Gasteiger partial charge in [0.25, 0.3) is 0 Å². The molecule has 0 spiro atoms. The number of fused-ring (bicyclic) bond motifs is 1. The Morgan fingerprint density at radius 1 is 1.29 bits per heavy atom. The first-order valence-corrected chi connectivity index (χ1v) is 10.1. The minimum absolute atomic E-state index is 0.110. The van der Waals surface area contributed by atoms with Crippen LogP contribution in [0.15, 0.2) is 24.4 Å². The SMILES string of the molecule is COCCOc1cc(F)ccc1-c1cnc2sc(N3CCC(C)(N)CC3)nn12. The van der Waals surface area contributed by atoms with E-state index in [-0.39, 0.29) is 11.4 Å². The molecule has 28 heavy (non-hydrogen) atoms. The second-order valence-electron chi connectivity index (χ2n) is 7.35. The summed E-state index contributed by atoms with van der Waals surface area (Å²) >= 11 is 1.54. The van der Waals surface area contributed by atoms with Crippen molar-refractivity contribution in [3.8, 4) is 17.0 Å². The van der Waals surface area contributed by atoms with Crippen molar-refractivity contribution in [3.63, 3.8) is 0 Å². The molecule has 1 aliphatic rings. The standard InChI is InChI=1S/C19H24FN5O2S/c1-19(21)5-7-24(8-6-19)18-23-25-15(12-22-17(25)28-18)14-4-3-13(20)11-16(14)27-10-9-26-2/h3-4,11-12H,5-10,21H2,1-2H3. The van der Waals surface area contributed by atoms with Crippen molar-refractivity contribution in [2.45, 2.75) is 25.3 Å². The van der Waals surface area contributed by atoms with Crippen LogP contribution in [-0.2, 0) is 4.74 Å². The van der Waals surface area contributed by atoms with Gasteiger partial charge in [0, 0.05) is 37.4 Å². The molecule has 9 heteroatoms. The maximum Gasteiger partial charge on any atom is 0.214 e. The number of halogens is 1. The molecule has 0 atom stereocenters. The summed E-state index contributed by atoms with van der Waals surface area (Å²) in [6, 6.07) is 4.49. The Labute approximate surface area is 166 Å². The summed E-state index contributed by atoms with van der Waals surface area (Å²) in [4.78, 5) is 7.53. The Kier molecular flexibility index (Phi) is 5.22.